The molecule has 0 spiro atoms. The van der Waals surface area contributed by atoms with Crippen molar-refractivity contribution in [2.24, 2.45) is 0 Å². The van der Waals surface area contributed by atoms with E-state index in [1.165, 1.54) is 6.26 Å². The molecule has 0 aromatic heterocycles. The summed E-state index contributed by atoms with van der Waals surface area (Å²) in [7, 11) is -3.16. The van der Waals surface area contributed by atoms with Gasteiger partial charge in [0.05, 0.1) is 10.6 Å². The Balaban J connectivity index is 2.20. The molecule has 112 valence electrons. The SMILES string of the molecule is CC(Nc1cc(Cl)ccc1Br)c1ccc(S(C)(=O)=O)cc1. The number of halogens is 2. The van der Waals surface area contributed by atoms with Gasteiger partial charge in [-0.05, 0) is 58.7 Å². The van der Waals surface area contributed by atoms with E-state index in [1.807, 2.05) is 37.3 Å². The van der Waals surface area contributed by atoms with Gasteiger partial charge >= 0.3 is 0 Å². The fourth-order valence-corrected chi connectivity index (χ4v) is 3.09. The number of hydrogen-bond acceptors (Lipinski definition) is 3. The summed E-state index contributed by atoms with van der Waals surface area (Å²) in [5.41, 5.74) is 1.89. The molecule has 1 atom stereocenters. The highest BCUT2D eigenvalue weighted by Crippen LogP contribution is 2.29. The van der Waals surface area contributed by atoms with Crippen LogP contribution in [0.2, 0.25) is 5.02 Å². The van der Waals surface area contributed by atoms with E-state index in [0.717, 1.165) is 15.7 Å². The molecule has 0 aliphatic heterocycles. The van der Waals surface area contributed by atoms with Crippen molar-refractivity contribution in [3.63, 3.8) is 0 Å². The Morgan fingerprint density at radius 2 is 1.76 bits per heavy atom. The summed E-state index contributed by atoms with van der Waals surface area (Å²) in [5, 5.41) is 4.00. The second-order valence-electron chi connectivity index (χ2n) is 4.83. The maximum absolute atomic E-state index is 11.5. The van der Waals surface area contributed by atoms with Crippen molar-refractivity contribution >= 4 is 43.1 Å². The number of nitrogens with one attached hydrogen (secondary N) is 1. The lowest BCUT2D eigenvalue weighted by Gasteiger charge is -2.17. The fraction of sp³-hybridized carbons (Fsp3) is 0.200. The minimum absolute atomic E-state index is 0.0216. The monoisotopic (exact) mass is 387 g/mol. The van der Waals surface area contributed by atoms with E-state index in [4.69, 9.17) is 11.6 Å². The zero-order chi connectivity index (χ0) is 15.6. The third-order valence-corrected chi connectivity index (χ3v) is 5.16. The molecule has 0 radical (unpaired) electrons. The van der Waals surface area contributed by atoms with E-state index in [0.29, 0.717) is 9.92 Å². The molecule has 0 fully saturated rings. The highest BCUT2D eigenvalue weighted by atomic mass is 79.9. The second-order valence-corrected chi connectivity index (χ2v) is 8.14. The van der Waals surface area contributed by atoms with Crippen molar-refractivity contribution in [2.45, 2.75) is 17.9 Å². The summed E-state index contributed by atoms with van der Waals surface area (Å²) >= 11 is 9.46. The lowest BCUT2D eigenvalue weighted by atomic mass is 10.1. The molecular weight excluding hydrogens is 374 g/mol. The van der Waals surface area contributed by atoms with Crippen LogP contribution in [0.1, 0.15) is 18.5 Å². The first-order chi connectivity index (χ1) is 9.77. The van der Waals surface area contributed by atoms with Crippen molar-refractivity contribution in [2.75, 3.05) is 11.6 Å². The van der Waals surface area contributed by atoms with Gasteiger partial charge in [0.25, 0.3) is 0 Å². The molecule has 1 unspecified atom stereocenters. The molecule has 0 saturated heterocycles. The zero-order valence-corrected chi connectivity index (χ0v) is 14.8. The van der Waals surface area contributed by atoms with Gasteiger partial charge in [0, 0.05) is 21.8 Å². The van der Waals surface area contributed by atoms with E-state index in [-0.39, 0.29) is 6.04 Å². The summed E-state index contributed by atoms with van der Waals surface area (Å²) in [6.07, 6.45) is 1.20. The quantitative estimate of drug-likeness (QED) is 0.827. The molecule has 3 nitrogen and oxygen atoms in total. The number of benzene rings is 2. The number of sulfone groups is 1. The topological polar surface area (TPSA) is 46.2 Å². The van der Waals surface area contributed by atoms with Crippen LogP contribution in [0.5, 0.6) is 0 Å². The van der Waals surface area contributed by atoms with Crippen molar-refractivity contribution in [1.82, 2.24) is 0 Å². The van der Waals surface area contributed by atoms with E-state index >= 15 is 0 Å². The maximum Gasteiger partial charge on any atom is 0.175 e. The van der Waals surface area contributed by atoms with Crippen LogP contribution < -0.4 is 5.32 Å². The van der Waals surface area contributed by atoms with Crippen molar-refractivity contribution in [3.8, 4) is 0 Å². The van der Waals surface area contributed by atoms with Gasteiger partial charge in [0.2, 0.25) is 0 Å². The van der Waals surface area contributed by atoms with Crippen LogP contribution in [0.3, 0.4) is 0 Å². The molecule has 0 aliphatic carbocycles. The van der Waals surface area contributed by atoms with Crippen LogP contribution in [0.4, 0.5) is 5.69 Å². The average Bonchev–Trinajstić information content (AvgIpc) is 2.42. The molecule has 21 heavy (non-hydrogen) atoms. The van der Waals surface area contributed by atoms with Crippen molar-refractivity contribution < 1.29 is 8.42 Å². The van der Waals surface area contributed by atoms with Gasteiger partial charge in [-0.15, -0.1) is 0 Å². The normalized spacial score (nSPS) is 13.0. The predicted octanol–water partition coefficient (Wildman–Crippen LogP) is 4.68. The van der Waals surface area contributed by atoms with E-state index in [1.54, 1.807) is 12.1 Å². The lowest BCUT2D eigenvalue weighted by Crippen LogP contribution is -2.07. The van der Waals surface area contributed by atoms with Crippen LogP contribution in [0, 0.1) is 0 Å². The van der Waals surface area contributed by atoms with E-state index in [9.17, 15) is 8.42 Å². The number of hydrogen-bond donors (Lipinski definition) is 1. The molecule has 0 aliphatic rings. The zero-order valence-electron chi connectivity index (χ0n) is 11.6. The van der Waals surface area contributed by atoms with Gasteiger partial charge < -0.3 is 5.32 Å². The lowest BCUT2D eigenvalue weighted by molar-refractivity contribution is 0.602. The third kappa shape index (κ3) is 4.22. The van der Waals surface area contributed by atoms with Crippen LogP contribution in [0.25, 0.3) is 0 Å². The predicted molar refractivity (Wildman–Crippen MR) is 90.7 cm³/mol. The molecule has 0 saturated carbocycles. The first-order valence-electron chi connectivity index (χ1n) is 6.29. The second kappa shape index (κ2) is 6.38. The largest absolute Gasteiger partial charge is 0.378 e. The molecule has 0 bridgehead atoms. The van der Waals surface area contributed by atoms with Gasteiger partial charge in [0.1, 0.15) is 0 Å². The maximum atomic E-state index is 11.5. The van der Waals surface area contributed by atoms with Crippen LogP contribution in [-0.2, 0) is 9.84 Å². The average molecular weight is 389 g/mol. The van der Waals surface area contributed by atoms with Gasteiger partial charge in [0.15, 0.2) is 9.84 Å². The van der Waals surface area contributed by atoms with Crippen LogP contribution in [0.15, 0.2) is 51.8 Å². The number of anilines is 1. The Morgan fingerprint density at radius 1 is 1.14 bits per heavy atom. The van der Waals surface area contributed by atoms with Crippen LogP contribution in [-0.4, -0.2) is 14.7 Å². The first kappa shape index (κ1) is 16.3. The van der Waals surface area contributed by atoms with Gasteiger partial charge in [-0.3, -0.25) is 0 Å². The number of rotatable bonds is 4. The molecule has 1 N–H and O–H groups in total. The summed E-state index contributed by atoms with van der Waals surface area (Å²) in [5.74, 6) is 0. The van der Waals surface area contributed by atoms with Gasteiger partial charge in [-0.25, -0.2) is 8.42 Å². The molecular formula is C15H15BrClNO2S. The Labute approximate surface area is 138 Å². The summed E-state index contributed by atoms with van der Waals surface area (Å²) in [6, 6.07) is 12.4. The minimum atomic E-state index is -3.16. The van der Waals surface area contributed by atoms with Crippen molar-refractivity contribution in [3.05, 3.63) is 57.5 Å². The Hall–Kier alpha value is -1.04. The standard InChI is InChI=1S/C15H15BrClNO2S/c1-10(18-15-9-12(17)5-8-14(15)16)11-3-6-13(7-4-11)21(2,19)20/h3-10,18H,1-2H3. The van der Waals surface area contributed by atoms with Crippen LogP contribution >= 0.6 is 27.5 Å². The van der Waals surface area contributed by atoms with Crippen molar-refractivity contribution in [1.29, 1.82) is 0 Å². The molecule has 2 rings (SSSR count). The van der Waals surface area contributed by atoms with E-state index < -0.39 is 9.84 Å². The molecule has 2 aromatic rings. The first-order valence-corrected chi connectivity index (χ1v) is 9.35. The fourth-order valence-electron chi connectivity index (χ4n) is 1.93. The molecule has 0 heterocycles. The Kier molecular flexibility index (Phi) is 4.96. The summed E-state index contributed by atoms with van der Waals surface area (Å²) in [6.45, 7) is 2.00. The van der Waals surface area contributed by atoms with Gasteiger partial charge in [-0.2, -0.15) is 0 Å². The third-order valence-electron chi connectivity index (χ3n) is 3.11. The summed E-state index contributed by atoms with van der Waals surface area (Å²) in [4.78, 5) is 0.322. The van der Waals surface area contributed by atoms with E-state index in [2.05, 4.69) is 21.2 Å². The highest BCUT2D eigenvalue weighted by Gasteiger charge is 2.11. The summed E-state index contributed by atoms with van der Waals surface area (Å²) < 4.78 is 23.8. The Bertz CT molecular complexity index is 745. The molecule has 0 amide bonds. The molecule has 2 aromatic carbocycles. The Morgan fingerprint density at radius 3 is 2.33 bits per heavy atom. The molecule has 6 heteroatoms. The van der Waals surface area contributed by atoms with Gasteiger partial charge in [-0.1, -0.05) is 23.7 Å². The minimum Gasteiger partial charge on any atom is -0.378 e. The highest BCUT2D eigenvalue weighted by molar-refractivity contribution is 9.10. The smallest absolute Gasteiger partial charge is 0.175 e.